The van der Waals surface area contributed by atoms with Crippen LogP contribution in [0.25, 0.3) is 0 Å². The van der Waals surface area contributed by atoms with E-state index in [-0.39, 0.29) is 5.54 Å². The molecule has 1 aliphatic carbocycles. The van der Waals surface area contributed by atoms with Crippen LogP contribution in [0.5, 0.6) is 0 Å². The molecule has 1 fully saturated rings. The van der Waals surface area contributed by atoms with Crippen molar-refractivity contribution in [1.29, 1.82) is 0 Å². The predicted octanol–water partition coefficient (Wildman–Crippen LogP) is 1.63. The van der Waals surface area contributed by atoms with Crippen molar-refractivity contribution in [3.63, 3.8) is 0 Å². The molecule has 0 saturated heterocycles. The van der Waals surface area contributed by atoms with Crippen molar-refractivity contribution < 1.29 is 4.74 Å². The molecule has 0 atom stereocenters. The molecule has 1 saturated carbocycles. The Morgan fingerprint density at radius 1 is 1.29 bits per heavy atom. The van der Waals surface area contributed by atoms with E-state index in [1.54, 1.807) is 7.11 Å². The summed E-state index contributed by atoms with van der Waals surface area (Å²) in [6, 6.07) is 10.5. The largest absolute Gasteiger partial charge is 0.383 e. The predicted molar refractivity (Wildman–Crippen MR) is 69.7 cm³/mol. The number of methoxy groups -OCH3 is 1. The molecule has 0 radical (unpaired) electrons. The maximum absolute atomic E-state index is 6.19. The number of nitrogens with two attached hydrogens (primary N) is 1. The maximum Gasteiger partial charge on any atom is 0.0589 e. The lowest BCUT2D eigenvalue weighted by Gasteiger charge is -2.25. The molecule has 0 unspecified atom stereocenters. The number of nitrogens with zero attached hydrogens (tertiary/aromatic N) is 1. The molecule has 94 valence electrons. The van der Waals surface area contributed by atoms with E-state index in [9.17, 15) is 0 Å². The summed E-state index contributed by atoms with van der Waals surface area (Å²) in [5.74, 6) is 0. The molecule has 1 aliphatic rings. The second kappa shape index (κ2) is 5.63. The first-order valence-electron chi connectivity index (χ1n) is 6.26. The number of ether oxygens (including phenoxy) is 1. The summed E-state index contributed by atoms with van der Waals surface area (Å²) < 4.78 is 5.16. The molecule has 0 spiro atoms. The van der Waals surface area contributed by atoms with E-state index in [1.165, 1.54) is 5.56 Å². The first kappa shape index (κ1) is 12.6. The van der Waals surface area contributed by atoms with Crippen molar-refractivity contribution in [2.75, 3.05) is 26.8 Å². The second-order valence-electron chi connectivity index (χ2n) is 5.05. The zero-order chi connectivity index (χ0) is 12.1. The van der Waals surface area contributed by atoms with Crippen LogP contribution in [-0.2, 0) is 11.3 Å². The van der Waals surface area contributed by atoms with Gasteiger partial charge in [-0.1, -0.05) is 30.3 Å². The van der Waals surface area contributed by atoms with E-state index < -0.39 is 0 Å². The monoisotopic (exact) mass is 234 g/mol. The number of hydrogen-bond donors (Lipinski definition) is 1. The minimum atomic E-state index is 0.0719. The molecule has 17 heavy (non-hydrogen) atoms. The molecule has 2 rings (SSSR count). The van der Waals surface area contributed by atoms with Gasteiger partial charge in [0.25, 0.3) is 0 Å². The number of benzene rings is 1. The molecule has 0 aliphatic heterocycles. The minimum absolute atomic E-state index is 0.0719. The van der Waals surface area contributed by atoms with Crippen LogP contribution in [0.3, 0.4) is 0 Å². The molecule has 0 amide bonds. The standard InChI is InChI=1S/C14H22N2O/c1-17-10-9-16(12-14(15)7-8-14)11-13-5-3-2-4-6-13/h2-6H,7-12,15H2,1H3. The van der Waals surface area contributed by atoms with Gasteiger partial charge in [0.05, 0.1) is 6.61 Å². The van der Waals surface area contributed by atoms with Crippen LogP contribution in [0.2, 0.25) is 0 Å². The lowest BCUT2D eigenvalue weighted by molar-refractivity contribution is 0.138. The van der Waals surface area contributed by atoms with E-state index in [4.69, 9.17) is 10.5 Å². The summed E-state index contributed by atoms with van der Waals surface area (Å²) in [6.45, 7) is 3.65. The summed E-state index contributed by atoms with van der Waals surface area (Å²) in [6.07, 6.45) is 2.32. The van der Waals surface area contributed by atoms with Gasteiger partial charge in [-0.25, -0.2) is 0 Å². The smallest absolute Gasteiger partial charge is 0.0589 e. The van der Waals surface area contributed by atoms with Crippen molar-refractivity contribution in [2.45, 2.75) is 24.9 Å². The van der Waals surface area contributed by atoms with E-state index >= 15 is 0 Å². The molecular weight excluding hydrogens is 212 g/mol. The van der Waals surface area contributed by atoms with Gasteiger partial charge in [-0.3, -0.25) is 4.90 Å². The topological polar surface area (TPSA) is 38.5 Å². The third kappa shape index (κ3) is 4.11. The van der Waals surface area contributed by atoms with Gasteiger partial charge in [0.15, 0.2) is 0 Å². The zero-order valence-electron chi connectivity index (χ0n) is 10.6. The van der Waals surface area contributed by atoms with E-state index in [0.29, 0.717) is 0 Å². The molecule has 0 bridgehead atoms. The van der Waals surface area contributed by atoms with Crippen molar-refractivity contribution in [3.05, 3.63) is 35.9 Å². The van der Waals surface area contributed by atoms with Gasteiger partial charge in [0.1, 0.15) is 0 Å². The highest BCUT2D eigenvalue weighted by Crippen LogP contribution is 2.33. The second-order valence-corrected chi connectivity index (χ2v) is 5.05. The molecule has 1 aromatic rings. The quantitative estimate of drug-likeness (QED) is 0.779. The van der Waals surface area contributed by atoms with Gasteiger partial charge in [0.2, 0.25) is 0 Å². The third-order valence-electron chi connectivity index (χ3n) is 3.29. The van der Waals surface area contributed by atoms with Crippen LogP contribution in [-0.4, -0.2) is 37.2 Å². The van der Waals surface area contributed by atoms with Gasteiger partial charge in [-0.15, -0.1) is 0 Å². The maximum atomic E-state index is 6.19. The lowest BCUT2D eigenvalue weighted by atomic mass is 10.2. The lowest BCUT2D eigenvalue weighted by Crippen LogP contribution is -2.40. The van der Waals surface area contributed by atoms with Gasteiger partial charge in [-0.05, 0) is 18.4 Å². The fraction of sp³-hybridized carbons (Fsp3) is 0.571. The Labute approximate surface area is 104 Å². The molecule has 3 nitrogen and oxygen atoms in total. The van der Waals surface area contributed by atoms with Crippen molar-refractivity contribution in [2.24, 2.45) is 5.73 Å². The van der Waals surface area contributed by atoms with Gasteiger partial charge in [0, 0.05) is 32.3 Å². The third-order valence-corrected chi connectivity index (χ3v) is 3.29. The van der Waals surface area contributed by atoms with Crippen LogP contribution >= 0.6 is 0 Å². The fourth-order valence-electron chi connectivity index (χ4n) is 2.04. The molecule has 2 N–H and O–H groups in total. The Kier molecular flexibility index (Phi) is 4.15. The average Bonchev–Trinajstić information content (AvgIpc) is 3.05. The Bertz CT molecular complexity index is 335. The zero-order valence-corrected chi connectivity index (χ0v) is 10.6. The molecule has 0 aromatic heterocycles. The van der Waals surface area contributed by atoms with E-state index in [1.807, 2.05) is 6.07 Å². The van der Waals surface area contributed by atoms with Gasteiger partial charge in [-0.2, -0.15) is 0 Å². The van der Waals surface area contributed by atoms with Crippen LogP contribution < -0.4 is 5.73 Å². The minimum Gasteiger partial charge on any atom is -0.383 e. The van der Waals surface area contributed by atoms with Gasteiger partial charge < -0.3 is 10.5 Å². The Hall–Kier alpha value is -0.900. The highest BCUT2D eigenvalue weighted by atomic mass is 16.5. The summed E-state index contributed by atoms with van der Waals surface area (Å²) in [4.78, 5) is 2.39. The van der Waals surface area contributed by atoms with Crippen molar-refractivity contribution in [1.82, 2.24) is 4.90 Å². The van der Waals surface area contributed by atoms with Crippen LogP contribution in [0.1, 0.15) is 18.4 Å². The molecule has 1 aromatic carbocycles. The highest BCUT2D eigenvalue weighted by Gasteiger charge is 2.39. The molecule has 0 heterocycles. The molecule has 3 heteroatoms. The normalized spacial score (nSPS) is 17.4. The number of hydrogen-bond acceptors (Lipinski definition) is 3. The van der Waals surface area contributed by atoms with Crippen LogP contribution in [0.4, 0.5) is 0 Å². The summed E-state index contributed by atoms with van der Waals surface area (Å²) in [5, 5.41) is 0. The van der Waals surface area contributed by atoms with E-state index in [0.717, 1.165) is 39.1 Å². The summed E-state index contributed by atoms with van der Waals surface area (Å²) in [7, 11) is 1.75. The van der Waals surface area contributed by atoms with E-state index in [2.05, 4.69) is 29.2 Å². The van der Waals surface area contributed by atoms with Crippen molar-refractivity contribution in [3.8, 4) is 0 Å². The number of rotatable bonds is 7. The first-order valence-corrected chi connectivity index (χ1v) is 6.26. The Morgan fingerprint density at radius 3 is 2.59 bits per heavy atom. The highest BCUT2D eigenvalue weighted by molar-refractivity contribution is 5.15. The SMILES string of the molecule is COCCN(Cc1ccccc1)CC1(N)CC1. The van der Waals surface area contributed by atoms with Crippen molar-refractivity contribution >= 4 is 0 Å². The Morgan fingerprint density at radius 2 is 2.00 bits per heavy atom. The van der Waals surface area contributed by atoms with Crippen LogP contribution in [0.15, 0.2) is 30.3 Å². The molecular formula is C14H22N2O. The van der Waals surface area contributed by atoms with Gasteiger partial charge >= 0.3 is 0 Å². The summed E-state index contributed by atoms with van der Waals surface area (Å²) >= 11 is 0. The summed E-state index contributed by atoms with van der Waals surface area (Å²) in [5.41, 5.74) is 7.60. The van der Waals surface area contributed by atoms with Crippen LogP contribution in [0, 0.1) is 0 Å². The average molecular weight is 234 g/mol. The Balaban J connectivity index is 1.90. The fourth-order valence-corrected chi connectivity index (χ4v) is 2.04. The first-order chi connectivity index (χ1) is 8.22.